The average molecular weight is 331 g/mol. The molecule has 0 saturated carbocycles. The van der Waals surface area contributed by atoms with Crippen LogP contribution in [0, 0.1) is 18.8 Å². The van der Waals surface area contributed by atoms with Crippen molar-refractivity contribution in [3.8, 4) is 0 Å². The summed E-state index contributed by atoms with van der Waals surface area (Å²) in [6, 6.07) is 7.93. The molecule has 5 heteroatoms. The summed E-state index contributed by atoms with van der Waals surface area (Å²) in [6.45, 7) is 7.27. The van der Waals surface area contributed by atoms with Gasteiger partial charge in [0.2, 0.25) is 11.8 Å². The van der Waals surface area contributed by atoms with E-state index < -0.39 is 0 Å². The van der Waals surface area contributed by atoms with Gasteiger partial charge >= 0.3 is 0 Å². The molecule has 1 aliphatic rings. The van der Waals surface area contributed by atoms with Gasteiger partial charge < -0.3 is 15.5 Å². The first-order valence-corrected chi connectivity index (χ1v) is 8.67. The molecule has 0 spiro atoms. The first-order chi connectivity index (χ1) is 11.3. The van der Waals surface area contributed by atoms with Crippen molar-refractivity contribution in [3.63, 3.8) is 0 Å². The molecule has 1 aromatic rings. The highest BCUT2D eigenvalue weighted by Crippen LogP contribution is 2.26. The maximum Gasteiger partial charge on any atom is 0.227 e. The lowest BCUT2D eigenvalue weighted by Gasteiger charge is -2.24. The van der Waals surface area contributed by atoms with Crippen molar-refractivity contribution in [1.82, 2.24) is 4.90 Å². The van der Waals surface area contributed by atoms with Crippen molar-refractivity contribution in [2.24, 2.45) is 17.6 Å². The number of nitrogens with two attached hydrogens (primary N) is 1. The second kappa shape index (κ2) is 7.79. The van der Waals surface area contributed by atoms with E-state index in [0.717, 1.165) is 17.7 Å². The number of aryl methyl sites for hydroxylation is 1. The van der Waals surface area contributed by atoms with Crippen LogP contribution >= 0.6 is 0 Å². The number of rotatable bonds is 6. The summed E-state index contributed by atoms with van der Waals surface area (Å²) in [7, 11) is 1.80. The molecule has 2 N–H and O–H groups in total. The molecule has 0 bridgehead atoms. The molecular weight excluding hydrogens is 302 g/mol. The van der Waals surface area contributed by atoms with E-state index in [-0.39, 0.29) is 30.2 Å². The predicted octanol–water partition coefficient (Wildman–Crippen LogP) is 2.18. The largest absolute Gasteiger partial charge is 0.345 e. The summed E-state index contributed by atoms with van der Waals surface area (Å²) < 4.78 is 0. The minimum Gasteiger partial charge on any atom is -0.345 e. The SMILES string of the molecule is Cc1ccc(N2CC(C(=O)N(C)CCC(N)C(C)C)CC2=O)cc1. The Bertz CT molecular complexity index is 583. The number of amides is 2. The van der Waals surface area contributed by atoms with E-state index in [1.54, 1.807) is 16.8 Å². The molecule has 0 radical (unpaired) electrons. The lowest BCUT2D eigenvalue weighted by Crippen LogP contribution is -2.38. The first kappa shape index (κ1) is 18.5. The Morgan fingerprint density at radius 1 is 1.33 bits per heavy atom. The Labute approximate surface area is 144 Å². The molecule has 1 heterocycles. The van der Waals surface area contributed by atoms with Gasteiger partial charge in [-0.1, -0.05) is 31.5 Å². The number of anilines is 1. The molecule has 24 heavy (non-hydrogen) atoms. The van der Waals surface area contributed by atoms with E-state index in [0.29, 0.717) is 19.0 Å². The number of benzene rings is 1. The van der Waals surface area contributed by atoms with E-state index in [9.17, 15) is 9.59 Å². The molecule has 2 rings (SSSR count). The molecule has 0 aromatic heterocycles. The van der Waals surface area contributed by atoms with Gasteiger partial charge in [-0.05, 0) is 31.4 Å². The van der Waals surface area contributed by atoms with E-state index in [4.69, 9.17) is 5.73 Å². The minimum atomic E-state index is -0.265. The summed E-state index contributed by atoms with van der Waals surface area (Å²) in [4.78, 5) is 28.3. The van der Waals surface area contributed by atoms with E-state index in [2.05, 4.69) is 13.8 Å². The fourth-order valence-corrected chi connectivity index (χ4v) is 2.95. The fourth-order valence-electron chi connectivity index (χ4n) is 2.95. The average Bonchev–Trinajstić information content (AvgIpc) is 2.93. The number of hydrogen-bond donors (Lipinski definition) is 1. The van der Waals surface area contributed by atoms with Crippen LogP contribution in [-0.4, -0.2) is 42.9 Å². The Balaban J connectivity index is 1.94. The van der Waals surface area contributed by atoms with Crippen molar-refractivity contribution in [3.05, 3.63) is 29.8 Å². The molecule has 2 unspecified atom stereocenters. The lowest BCUT2D eigenvalue weighted by molar-refractivity contribution is -0.134. The van der Waals surface area contributed by atoms with Gasteiger partial charge in [0.25, 0.3) is 0 Å². The van der Waals surface area contributed by atoms with Gasteiger partial charge in [-0.15, -0.1) is 0 Å². The maximum atomic E-state index is 12.6. The second-order valence-electron chi connectivity index (χ2n) is 7.20. The van der Waals surface area contributed by atoms with Crippen molar-refractivity contribution >= 4 is 17.5 Å². The molecule has 0 aliphatic carbocycles. The Morgan fingerprint density at radius 2 is 1.96 bits per heavy atom. The van der Waals surface area contributed by atoms with Crippen molar-refractivity contribution < 1.29 is 9.59 Å². The Morgan fingerprint density at radius 3 is 2.54 bits per heavy atom. The van der Waals surface area contributed by atoms with Gasteiger partial charge in [-0.25, -0.2) is 0 Å². The van der Waals surface area contributed by atoms with Gasteiger partial charge in [0.1, 0.15) is 0 Å². The van der Waals surface area contributed by atoms with Crippen LogP contribution in [0.2, 0.25) is 0 Å². The summed E-state index contributed by atoms with van der Waals surface area (Å²) >= 11 is 0. The third-order valence-electron chi connectivity index (χ3n) is 4.85. The van der Waals surface area contributed by atoms with Crippen LogP contribution in [0.3, 0.4) is 0 Å². The number of hydrogen-bond acceptors (Lipinski definition) is 3. The summed E-state index contributed by atoms with van der Waals surface area (Å²) in [5.41, 5.74) is 8.07. The number of carbonyl (C=O) groups is 2. The Hall–Kier alpha value is -1.88. The molecule has 132 valence electrons. The fraction of sp³-hybridized carbons (Fsp3) is 0.579. The molecule has 5 nitrogen and oxygen atoms in total. The summed E-state index contributed by atoms with van der Waals surface area (Å²) in [6.07, 6.45) is 1.07. The summed E-state index contributed by atoms with van der Waals surface area (Å²) in [5, 5.41) is 0. The molecular formula is C19H29N3O2. The first-order valence-electron chi connectivity index (χ1n) is 8.67. The van der Waals surface area contributed by atoms with Gasteiger partial charge in [0, 0.05) is 38.3 Å². The second-order valence-corrected chi connectivity index (χ2v) is 7.20. The smallest absolute Gasteiger partial charge is 0.227 e. The Kier molecular flexibility index (Phi) is 5.99. The molecule has 2 atom stereocenters. The van der Waals surface area contributed by atoms with Crippen LogP contribution < -0.4 is 10.6 Å². The molecule has 1 aliphatic heterocycles. The standard InChI is InChI=1S/C19H29N3O2/c1-13(2)17(20)9-10-21(4)19(24)15-11-18(23)22(12-15)16-7-5-14(3)6-8-16/h5-8,13,15,17H,9-12,20H2,1-4H3. The van der Waals surface area contributed by atoms with Crippen LogP contribution in [0.5, 0.6) is 0 Å². The zero-order chi connectivity index (χ0) is 17.9. The van der Waals surface area contributed by atoms with E-state index in [1.807, 2.05) is 31.2 Å². The lowest BCUT2D eigenvalue weighted by atomic mass is 10.0. The molecule has 1 saturated heterocycles. The third-order valence-corrected chi connectivity index (χ3v) is 4.85. The van der Waals surface area contributed by atoms with Gasteiger partial charge in [0.05, 0.1) is 5.92 Å². The van der Waals surface area contributed by atoms with Crippen molar-refractivity contribution in [2.45, 2.75) is 39.7 Å². The summed E-state index contributed by atoms with van der Waals surface area (Å²) in [5.74, 6) is 0.191. The van der Waals surface area contributed by atoms with Crippen LogP contribution in [0.25, 0.3) is 0 Å². The highest BCUT2D eigenvalue weighted by Gasteiger charge is 2.36. The number of nitrogens with zero attached hydrogens (tertiary/aromatic N) is 2. The predicted molar refractivity (Wildman–Crippen MR) is 96.7 cm³/mol. The zero-order valence-corrected chi connectivity index (χ0v) is 15.2. The van der Waals surface area contributed by atoms with Crippen molar-refractivity contribution in [1.29, 1.82) is 0 Å². The maximum absolute atomic E-state index is 12.6. The minimum absolute atomic E-state index is 0.0180. The van der Waals surface area contributed by atoms with Gasteiger partial charge in [-0.3, -0.25) is 9.59 Å². The van der Waals surface area contributed by atoms with Crippen LogP contribution in [0.1, 0.15) is 32.3 Å². The monoisotopic (exact) mass is 331 g/mol. The van der Waals surface area contributed by atoms with Crippen LogP contribution in [-0.2, 0) is 9.59 Å². The van der Waals surface area contributed by atoms with E-state index in [1.165, 1.54) is 0 Å². The molecule has 2 amide bonds. The number of carbonyl (C=O) groups excluding carboxylic acids is 2. The normalized spacial score (nSPS) is 19.0. The molecule has 1 aromatic carbocycles. The van der Waals surface area contributed by atoms with Gasteiger partial charge in [0.15, 0.2) is 0 Å². The zero-order valence-electron chi connectivity index (χ0n) is 15.2. The quantitative estimate of drug-likeness (QED) is 0.869. The van der Waals surface area contributed by atoms with Gasteiger partial charge in [-0.2, -0.15) is 0 Å². The third kappa shape index (κ3) is 4.35. The van der Waals surface area contributed by atoms with E-state index >= 15 is 0 Å². The van der Waals surface area contributed by atoms with Crippen molar-refractivity contribution in [2.75, 3.05) is 25.0 Å². The molecule has 1 fully saturated rings. The highest BCUT2D eigenvalue weighted by atomic mass is 16.2. The van der Waals surface area contributed by atoms with Crippen LogP contribution in [0.15, 0.2) is 24.3 Å². The topological polar surface area (TPSA) is 66.6 Å². The van der Waals surface area contributed by atoms with Crippen LogP contribution in [0.4, 0.5) is 5.69 Å². The highest BCUT2D eigenvalue weighted by molar-refractivity contribution is 6.00.